The van der Waals surface area contributed by atoms with E-state index in [1.165, 1.54) is 32.1 Å². The molecule has 6 heteroatoms. The van der Waals surface area contributed by atoms with Gasteiger partial charge in [0, 0.05) is 25.7 Å². The Hall–Kier alpha value is -1.85. The Morgan fingerprint density at radius 3 is 2.83 bits per heavy atom. The number of nitrogens with one attached hydrogen (secondary N) is 1. The van der Waals surface area contributed by atoms with E-state index in [9.17, 15) is 9.59 Å². The highest BCUT2D eigenvalue weighted by atomic mass is 16.2. The zero-order valence-corrected chi connectivity index (χ0v) is 13.8. The SMILES string of the molecule is Cc1ccn(CC(=O)NC2CC(=O)N(CC3CCCCC3)C2)n1. The molecule has 1 atom stereocenters. The molecule has 1 unspecified atom stereocenters. The third-order valence-electron chi connectivity index (χ3n) is 4.86. The highest BCUT2D eigenvalue weighted by Crippen LogP contribution is 2.26. The van der Waals surface area contributed by atoms with E-state index in [2.05, 4.69) is 10.4 Å². The first kappa shape index (κ1) is 16.0. The third kappa shape index (κ3) is 4.33. The van der Waals surface area contributed by atoms with Crippen molar-refractivity contribution in [3.05, 3.63) is 18.0 Å². The maximum atomic E-state index is 12.2. The minimum absolute atomic E-state index is 0.0600. The summed E-state index contributed by atoms with van der Waals surface area (Å²) in [7, 11) is 0. The zero-order valence-electron chi connectivity index (χ0n) is 13.8. The van der Waals surface area contributed by atoms with Gasteiger partial charge in [-0.2, -0.15) is 5.10 Å². The van der Waals surface area contributed by atoms with Crippen molar-refractivity contribution >= 4 is 11.8 Å². The first-order valence-electron chi connectivity index (χ1n) is 8.67. The summed E-state index contributed by atoms with van der Waals surface area (Å²) in [6.45, 7) is 3.62. The van der Waals surface area contributed by atoms with Crippen LogP contribution in [-0.2, 0) is 16.1 Å². The quantitative estimate of drug-likeness (QED) is 0.894. The fraction of sp³-hybridized carbons (Fsp3) is 0.706. The van der Waals surface area contributed by atoms with Crippen LogP contribution in [0.15, 0.2) is 12.3 Å². The summed E-state index contributed by atoms with van der Waals surface area (Å²) in [6.07, 6.45) is 8.60. The standard InChI is InChI=1S/C17H26N4O2/c1-13-7-8-21(19-13)12-16(22)18-15-9-17(23)20(11-15)10-14-5-3-2-4-6-14/h7-8,14-15H,2-6,9-12H2,1H3,(H,18,22). The topological polar surface area (TPSA) is 67.2 Å². The normalized spacial score (nSPS) is 22.6. The lowest BCUT2D eigenvalue weighted by atomic mass is 9.89. The highest BCUT2D eigenvalue weighted by molar-refractivity contribution is 5.82. The summed E-state index contributed by atoms with van der Waals surface area (Å²) < 4.78 is 1.63. The van der Waals surface area contributed by atoms with E-state index < -0.39 is 0 Å². The van der Waals surface area contributed by atoms with Crippen LogP contribution in [0.25, 0.3) is 0 Å². The predicted octanol–water partition coefficient (Wildman–Crippen LogP) is 1.49. The molecule has 1 aliphatic carbocycles. The maximum absolute atomic E-state index is 12.2. The molecule has 2 aliphatic rings. The second-order valence-corrected chi connectivity index (χ2v) is 6.93. The smallest absolute Gasteiger partial charge is 0.242 e. The van der Waals surface area contributed by atoms with Crippen molar-refractivity contribution in [2.45, 2.75) is 58.0 Å². The molecule has 1 aliphatic heterocycles. The largest absolute Gasteiger partial charge is 0.349 e. The lowest BCUT2D eigenvalue weighted by molar-refractivity contribution is -0.128. The van der Waals surface area contributed by atoms with Crippen molar-refractivity contribution in [2.75, 3.05) is 13.1 Å². The molecule has 126 valence electrons. The number of hydrogen-bond donors (Lipinski definition) is 1. The van der Waals surface area contributed by atoms with Gasteiger partial charge in [0.15, 0.2) is 0 Å². The van der Waals surface area contributed by atoms with Crippen LogP contribution < -0.4 is 5.32 Å². The average Bonchev–Trinajstić information content (AvgIpc) is 3.06. The molecule has 1 aromatic heterocycles. The van der Waals surface area contributed by atoms with E-state index in [-0.39, 0.29) is 24.4 Å². The van der Waals surface area contributed by atoms with Gasteiger partial charge in [0.05, 0.1) is 11.7 Å². The highest BCUT2D eigenvalue weighted by Gasteiger charge is 2.32. The molecule has 0 spiro atoms. The lowest BCUT2D eigenvalue weighted by Gasteiger charge is -2.27. The van der Waals surface area contributed by atoms with Gasteiger partial charge in [-0.3, -0.25) is 14.3 Å². The Morgan fingerprint density at radius 2 is 2.13 bits per heavy atom. The van der Waals surface area contributed by atoms with Crippen LogP contribution in [-0.4, -0.2) is 45.6 Å². The average molecular weight is 318 g/mol. The van der Waals surface area contributed by atoms with Crippen LogP contribution in [0, 0.1) is 12.8 Å². The number of rotatable bonds is 5. The Morgan fingerprint density at radius 1 is 1.35 bits per heavy atom. The summed E-state index contributed by atoms with van der Waals surface area (Å²) in [5.41, 5.74) is 0.896. The van der Waals surface area contributed by atoms with Crippen molar-refractivity contribution in [1.82, 2.24) is 20.0 Å². The van der Waals surface area contributed by atoms with E-state index in [0.29, 0.717) is 18.9 Å². The molecule has 1 N–H and O–H groups in total. The summed E-state index contributed by atoms with van der Waals surface area (Å²) in [4.78, 5) is 26.2. The molecule has 23 heavy (non-hydrogen) atoms. The fourth-order valence-corrected chi connectivity index (χ4v) is 3.70. The summed E-state index contributed by atoms with van der Waals surface area (Å²) in [6, 6.07) is 1.81. The van der Waals surface area contributed by atoms with Gasteiger partial charge in [0.1, 0.15) is 6.54 Å². The Labute approximate surface area is 137 Å². The number of nitrogens with zero attached hydrogens (tertiary/aromatic N) is 3. The van der Waals surface area contributed by atoms with Crippen LogP contribution in [0.5, 0.6) is 0 Å². The summed E-state index contributed by atoms with van der Waals surface area (Å²) >= 11 is 0. The van der Waals surface area contributed by atoms with Crippen molar-refractivity contribution in [2.24, 2.45) is 5.92 Å². The molecule has 2 fully saturated rings. The number of carbonyl (C=O) groups is 2. The number of likely N-dealkylation sites (tertiary alicyclic amines) is 1. The number of hydrogen-bond acceptors (Lipinski definition) is 3. The molecule has 1 aromatic rings. The molecule has 0 radical (unpaired) electrons. The zero-order chi connectivity index (χ0) is 16.2. The van der Waals surface area contributed by atoms with Gasteiger partial charge < -0.3 is 10.2 Å². The van der Waals surface area contributed by atoms with E-state index in [1.54, 1.807) is 10.9 Å². The van der Waals surface area contributed by atoms with E-state index in [1.807, 2.05) is 17.9 Å². The second kappa shape index (κ2) is 7.15. The van der Waals surface area contributed by atoms with Crippen molar-refractivity contribution in [1.29, 1.82) is 0 Å². The molecular weight excluding hydrogens is 292 g/mol. The molecule has 1 saturated heterocycles. The van der Waals surface area contributed by atoms with Gasteiger partial charge in [0.2, 0.25) is 11.8 Å². The minimum atomic E-state index is -0.0783. The molecule has 3 rings (SSSR count). The van der Waals surface area contributed by atoms with Gasteiger partial charge >= 0.3 is 0 Å². The van der Waals surface area contributed by atoms with E-state index in [0.717, 1.165) is 12.2 Å². The number of aromatic nitrogens is 2. The van der Waals surface area contributed by atoms with Crippen LogP contribution in [0.1, 0.15) is 44.2 Å². The molecule has 2 heterocycles. The van der Waals surface area contributed by atoms with E-state index >= 15 is 0 Å². The van der Waals surface area contributed by atoms with E-state index in [4.69, 9.17) is 0 Å². The maximum Gasteiger partial charge on any atom is 0.242 e. The predicted molar refractivity (Wildman–Crippen MR) is 86.7 cm³/mol. The Bertz CT molecular complexity index is 563. The second-order valence-electron chi connectivity index (χ2n) is 6.93. The molecule has 2 amide bonds. The number of carbonyl (C=O) groups excluding carboxylic acids is 2. The van der Waals surface area contributed by atoms with Gasteiger partial charge in [-0.25, -0.2) is 0 Å². The molecular formula is C17H26N4O2. The van der Waals surface area contributed by atoms with Gasteiger partial charge in [-0.15, -0.1) is 0 Å². The van der Waals surface area contributed by atoms with Crippen molar-refractivity contribution < 1.29 is 9.59 Å². The fourth-order valence-electron chi connectivity index (χ4n) is 3.70. The number of amides is 2. The summed E-state index contributed by atoms with van der Waals surface area (Å²) in [5, 5.41) is 7.18. The van der Waals surface area contributed by atoms with Crippen LogP contribution in [0.4, 0.5) is 0 Å². The van der Waals surface area contributed by atoms with Crippen LogP contribution in [0.2, 0.25) is 0 Å². The monoisotopic (exact) mass is 318 g/mol. The molecule has 6 nitrogen and oxygen atoms in total. The third-order valence-corrected chi connectivity index (χ3v) is 4.86. The summed E-state index contributed by atoms with van der Waals surface area (Å²) in [5.74, 6) is 0.746. The molecule has 0 bridgehead atoms. The van der Waals surface area contributed by atoms with Gasteiger partial charge in [0.25, 0.3) is 0 Å². The van der Waals surface area contributed by atoms with Crippen molar-refractivity contribution in [3.63, 3.8) is 0 Å². The van der Waals surface area contributed by atoms with Crippen molar-refractivity contribution in [3.8, 4) is 0 Å². The van der Waals surface area contributed by atoms with Crippen LogP contribution >= 0.6 is 0 Å². The van der Waals surface area contributed by atoms with Crippen LogP contribution in [0.3, 0.4) is 0 Å². The number of aryl methyl sites for hydroxylation is 1. The lowest BCUT2D eigenvalue weighted by Crippen LogP contribution is -2.39. The first-order valence-corrected chi connectivity index (χ1v) is 8.67. The Balaban J connectivity index is 1.46. The Kier molecular flexibility index (Phi) is 4.98. The van der Waals surface area contributed by atoms with Gasteiger partial charge in [-0.1, -0.05) is 19.3 Å². The van der Waals surface area contributed by atoms with Gasteiger partial charge in [-0.05, 0) is 31.7 Å². The molecule has 0 aromatic carbocycles. The first-order chi connectivity index (χ1) is 11.1. The molecule has 1 saturated carbocycles. The minimum Gasteiger partial charge on any atom is -0.349 e.